The lowest BCUT2D eigenvalue weighted by Gasteiger charge is -2.39. The Bertz CT molecular complexity index is 728. The number of nitrogens with zero attached hydrogens (tertiary/aromatic N) is 1. The summed E-state index contributed by atoms with van der Waals surface area (Å²) in [5, 5.41) is 38.3. The van der Waals surface area contributed by atoms with Gasteiger partial charge in [-0.15, -0.1) is 0 Å². The minimum atomic E-state index is -1.72. The van der Waals surface area contributed by atoms with E-state index in [1.165, 1.54) is 13.1 Å². The second kappa shape index (κ2) is 7.89. The quantitative estimate of drug-likeness (QED) is 0.335. The maximum Gasteiger partial charge on any atom is 0.328 e. The summed E-state index contributed by atoms with van der Waals surface area (Å²) in [6.45, 7) is 0.763. The highest BCUT2D eigenvalue weighted by Gasteiger charge is 2.45. The van der Waals surface area contributed by atoms with Crippen molar-refractivity contribution in [1.82, 2.24) is 9.55 Å². The molecule has 1 aromatic heterocycles. The van der Waals surface area contributed by atoms with Gasteiger partial charge in [-0.05, 0) is 6.92 Å². The van der Waals surface area contributed by atoms with Crippen LogP contribution in [0, 0.1) is 6.92 Å². The van der Waals surface area contributed by atoms with Crippen molar-refractivity contribution >= 4 is 5.97 Å². The van der Waals surface area contributed by atoms with E-state index in [4.69, 9.17) is 14.6 Å². The second-order valence-corrected chi connectivity index (χ2v) is 5.70. The van der Waals surface area contributed by atoms with Crippen LogP contribution in [0.1, 0.15) is 12.0 Å². The number of nitrogens with one attached hydrogen (secondary N) is 1. The Hall–Kier alpha value is -2.05. The summed E-state index contributed by atoms with van der Waals surface area (Å²) >= 11 is 0. The number of esters is 1. The summed E-state index contributed by atoms with van der Waals surface area (Å²) < 4.78 is 10.9. The summed E-state index contributed by atoms with van der Waals surface area (Å²) in [7, 11) is 0. The normalized spacial score (nSPS) is 29.4. The summed E-state index contributed by atoms with van der Waals surface area (Å²) in [6, 6.07) is 0. The maximum absolute atomic E-state index is 11.9. The van der Waals surface area contributed by atoms with Crippen LogP contribution < -0.4 is 11.2 Å². The molecule has 0 aliphatic carbocycles. The van der Waals surface area contributed by atoms with Gasteiger partial charge in [-0.25, -0.2) is 4.79 Å². The van der Waals surface area contributed by atoms with Crippen LogP contribution >= 0.6 is 0 Å². The molecule has 25 heavy (non-hydrogen) atoms. The highest BCUT2D eigenvalue weighted by Crippen LogP contribution is 2.22. The lowest BCUT2D eigenvalue weighted by molar-refractivity contribution is -0.290. The Morgan fingerprint density at radius 3 is 2.64 bits per heavy atom. The number of aliphatic hydroxyl groups excluding tert-OH is 4. The Labute approximate surface area is 141 Å². The minimum Gasteiger partial charge on any atom is -0.454 e. The van der Waals surface area contributed by atoms with E-state index in [2.05, 4.69) is 4.98 Å². The molecule has 1 unspecified atom stereocenters. The van der Waals surface area contributed by atoms with Crippen LogP contribution in [0.15, 0.2) is 15.8 Å². The molecule has 0 spiro atoms. The average Bonchev–Trinajstić information content (AvgIpc) is 2.57. The predicted octanol–water partition coefficient (Wildman–Crippen LogP) is -3.42. The summed E-state index contributed by atoms with van der Waals surface area (Å²) in [5.41, 5.74) is -0.926. The van der Waals surface area contributed by atoms with Crippen molar-refractivity contribution in [2.45, 2.75) is 50.6 Å². The smallest absolute Gasteiger partial charge is 0.328 e. The molecule has 140 valence electrons. The number of aliphatic hydroxyl groups is 4. The fraction of sp³-hybridized carbons (Fsp3) is 0.643. The Morgan fingerprint density at radius 1 is 1.32 bits per heavy atom. The summed E-state index contributed by atoms with van der Waals surface area (Å²) in [6.07, 6.45) is -6.67. The third-order valence-corrected chi connectivity index (χ3v) is 3.86. The fourth-order valence-corrected chi connectivity index (χ4v) is 2.41. The lowest BCUT2D eigenvalue weighted by Crippen LogP contribution is -2.59. The lowest BCUT2D eigenvalue weighted by atomic mass is 9.99. The van der Waals surface area contributed by atoms with Crippen molar-refractivity contribution in [3.8, 4) is 0 Å². The van der Waals surface area contributed by atoms with E-state index in [9.17, 15) is 29.7 Å². The molecule has 2 rings (SSSR count). The van der Waals surface area contributed by atoms with Gasteiger partial charge in [-0.3, -0.25) is 19.1 Å². The summed E-state index contributed by atoms with van der Waals surface area (Å²) in [5.74, 6) is -0.864. The molecule has 11 heteroatoms. The number of H-pyrrole nitrogens is 1. The van der Waals surface area contributed by atoms with E-state index in [0.717, 1.165) is 4.57 Å². The van der Waals surface area contributed by atoms with E-state index in [1.807, 2.05) is 0 Å². The van der Waals surface area contributed by atoms with Crippen LogP contribution in [0.25, 0.3) is 0 Å². The number of hydrogen-bond donors (Lipinski definition) is 5. The van der Waals surface area contributed by atoms with Gasteiger partial charge in [-0.2, -0.15) is 0 Å². The highest BCUT2D eigenvalue weighted by atomic mass is 16.7. The van der Waals surface area contributed by atoms with Gasteiger partial charge in [0.05, 0.1) is 13.0 Å². The van der Waals surface area contributed by atoms with Gasteiger partial charge in [0.1, 0.15) is 18.3 Å². The molecule has 1 saturated heterocycles. The maximum atomic E-state index is 11.9. The first-order valence-corrected chi connectivity index (χ1v) is 7.55. The van der Waals surface area contributed by atoms with Crippen molar-refractivity contribution < 1.29 is 34.7 Å². The van der Waals surface area contributed by atoms with Gasteiger partial charge in [0.25, 0.3) is 5.56 Å². The number of hydrogen-bond acceptors (Lipinski definition) is 9. The number of rotatable bonds is 5. The molecule has 2 heterocycles. The molecule has 11 nitrogen and oxygen atoms in total. The molecule has 1 aliphatic rings. The Kier molecular flexibility index (Phi) is 6.08. The standard InChI is InChI=1S/C14H20N2O9/c1-6-4-16(14(23)15-12(6)21)3-2-8(18)25-11-10(20)9(19)7(5-17)24-13(11)22/h4,7,9-11,13,17,19-20,22H,2-3,5H2,1H3,(H,15,21,23)/t7-,9+,10+,11-,13?/m1/s1. The molecule has 1 fully saturated rings. The molecule has 1 aromatic rings. The molecule has 0 bridgehead atoms. The Balaban J connectivity index is 1.97. The van der Waals surface area contributed by atoms with Crippen LogP contribution in [-0.4, -0.2) is 73.3 Å². The molecular formula is C14H20N2O9. The first-order chi connectivity index (χ1) is 11.7. The third kappa shape index (κ3) is 4.32. The Morgan fingerprint density at radius 2 is 2.00 bits per heavy atom. The van der Waals surface area contributed by atoms with Gasteiger partial charge < -0.3 is 29.9 Å². The number of aryl methyl sites for hydroxylation is 2. The second-order valence-electron chi connectivity index (χ2n) is 5.70. The number of aromatic nitrogens is 2. The van der Waals surface area contributed by atoms with Crippen LogP contribution in [0.2, 0.25) is 0 Å². The van der Waals surface area contributed by atoms with Gasteiger partial charge in [-0.1, -0.05) is 0 Å². The molecular weight excluding hydrogens is 340 g/mol. The zero-order valence-electron chi connectivity index (χ0n) is 13.4. The van der Waals surface area contributed by atoms with Gasteiger partial charge in [0, 0.05) is 18.3 Å². The van der Waals surface area contributed by atoms with Gasteiger partial charge in [0.2, 0.25) is 0 Å². The van der Waals surface area contributed by atoms with E-state index >= 15 is 0 Å². The molecule has 0 amide bonds. The number of carbonyl (C=O) groups is 1. The van der Waals surface area contributed by atoms with Crippen molar-refractivity contribution in [2.75, 3.05) is 6.61 Å². The van der Waals surface area contributed by atoms with Gasteiger partial charge >= 0.3 is 11.7 Å². The van der Waals surface area contributed by atoms with E-state index in [0.29, 0.717) is 0 Å². The van der Waals surface area contributed by atoms with E-state index < -0.39 is 54.5 Å². The van der Waals surface area contributed by atoms with Crippen molar-refractivity contribution in [2.24, 2.45) is 0 Å². The molecule has 0 radical (unpaired) electrons. The van der Waals surface area contributed by atoms with E-state index in [1.54, 1.807) is 0 Å². The summed E-state index contributed by atoms with van der Waals surface area (Å²) in [4.78, 5) is 36.8. The molecule has 0 aromatic carbocycles. The molecule has 5 N–H and O–H groups in total. The number of ether oxygens (including phenoxy) is 2. The molecule has 1 aliphatic heterocycles. The van der Waals surface area contributed by atoms with Crippen LogP contribution in [0.4, 0.5) is 0 Å². The number of carbonyl (C=O) groups excluding carboxylic acids is 1. The zero-order valence-corrected chi connectivity index (χ0v) is 13.4. The predicted molar refractivity (Wildman–Crippen MR) is 80.5 cm³/mol. The monoisotopic (exact) mass is 360 g/mol. The number of aromatic amines is 1. The topological polar surface area (TPSA) is 171 Å². The first-order valence-electron chi connectivity index (χ1n) is 7.55. The molecule has 5 atom stereocenters. The average molecular weight is 360 g/mol. The van der Waals surface area contributed by atoms with Crippen molar-refractivity contribution in [3.05, 3.63) is 32.6 Å². The largest absolute Gasteiger partial charge is 0.454 e. The third-order valence-electron chi connectivity index (χ3n) is 3.86. The van der Waals surface area contributed by atoms with Crippen LogP contribution in [-0.2, 0) is 20.8 Å². The SMILES string of the molecule is Cc1cn(CCC(=O)O[C@H]2C(O)O[C@H](CO)[C@H](O)[C@@H]2O)c(=O)[nH]c1=O. The molecule has 0 saturated carbocycles. The minimum absolute atomic E-state index is 0.100. The van der Waals surface area contributed by atoms with Crippen LogP contribution in [0.3, 0.4) is 0 Å². The zero-order chi connectivity index (χ0) is 18.7. The highest BCUT2D eigenvalue weighted by molar-refractivity contribution is 5.69. The van der Waals surface area contributed by atoms with Gasteiger partial charge in [0.15, 0.2) is 12.4 Å². The first kappa shape index (κ1) is 19.3. The van der Waals surface area contributed by atoms with Crippen molar-refractivity contribution in [1.29, 1.82) is 0 Å². The fourth-order valence-electron chi connectivity index (χ4n) is 2.41. The van der Waals surface area contributed by atoms with Crippen LogP contribution in [0.5, 0.6) is 0 Å². The van der Waals surface area contributed by atoms with Crippen molar-refractivity contribution in [3.63, 3.8) is 0 Å². The van der Waals surface area contributed by atoms with E-state index in [-0.39, 0.29) is 18.5 Å².